The molecule has 1 N–H and O–H groups in total. The maximum atomic E-state index is 6.08. The van der Waals surface area contributed by atoms with E-state index < -0.39 is 0 Å². The van der Waals surface area contributed by atoms with Gasteiger partial charge in [-0.05, 0) is 55.3 Å². The molecule has 104 valence electrons. The number of nitrogens with one attached hydrogen (secondary N) is 1. The topological polar surface area (TPSA) is 21.3 Å². The van der Waals surface area contributed by atoms with E-state index >= 15 is 0 Å². The molecule has 20 heavy (non-hydrogen) atoms. The minimum atomic E-state index is 0.142. The largest absolute Gasteiger partial charge is 0.490 e. The van der Waals surface area contributed by atoms with Gasteiger partial charge < -0.3 is 10.1 Å². The van der Waals surface area contributed by atoms with Crippen LogP contribution in [0, 0.1) is 0 Å². The molecule has 3 rings (SSSR count). The Bertz CT molecular complexity index is 578. The molecule has 0 radical (unpaired) electrons. The fraction of sp³-hybridized carbons (Fsp3) is 0.294. The molecule has 1 fully saturated rings. The van der Waals surface area contributed by atoms with Crippen LogP contribution in [0.1, 0.15) is 30.0 Å². The fourth-order valence-electron chi connectivity index (χ4n) is 2.33. The Balaban J connectivity index is 1.81. The smallest absolute Gasteiger partial charge is 0.119 e. The summed E-state index contributed by atoms with van der Waals surface area (Å²) in [5.41, 5.74) is 2.37. The quantitative estimate of drug-likeness (QED) is 0.890. The molecule has 1 aliphatic rings. The normalized spacial score (nSPS) is 15.9. The minimum Gasteiger partial charge on any atom is -0.490 e. The van der Waals surface area contributed by atoms with E-state index in [-0.39, 0.29) is 6.04 Å². The van der Waals surface area contributed by atoms with Crippen LogP contribution in [0.25, 0.3) is 0 Å². The summed E-state index contributed by atoms with van der Waals surface area (Å²) in [7, 11) is 1.96. The number of ether oxygens (including phenoxy) is 1. The van der Waals surface area contributed by atoms with E-state index in [1.807, 2.05) is 37.4 Å². The van der Waals surface area contributed by atoms with Crippen molar-refractivity contribution < 1.29 is 4.74 Å². The minimum absolute atomic E-state index is 0.142. The van der Waals surface area contributed by atoms with Crippen LogP contribution in [0.3, 0.4) is 0 Å². The fourth-order valence-corrected chi connectivity index (χ4v) is 2.53. The van der Waals surface area contributed by atoms with Gasteiger partial charge in [-0.3, -0.25) is 0 Å². The van der Waals surface area contributed by atoms with E-state index in [2.05, 4.69) is 23.5 Å². The monoisotopic (exact) mass is 287 g/mol. The molecule has 1 atom stereocenters. The van der Waals surface area contributed by atoms with Crippen LogP contribution in [0.2, 0.25) is 5.02 Å². The Hall–Kier alpha value is -1.51. The molecule has 0 aromatic heterocycles. The van der Waals surface area contributed by atoms with Gasteiger partial charge in [0.2, 0.25) is 0 Å². The Morgan fingerprint density at radius 1 is 1.10 bits per heavy atom. The highest BCUT2D eigenvalue weighted by molar-refractivity contribution is 6.30. The first-order chi connectivity index (χ1) is 9.76. The van der Waals surface area contributed by atoms with Crippen LogP contribution in [-0.2, 0) is 0 Å². The number of hydrogen-bond donors (Lipinski definition) is 1. The second kappa shape index (κ2) is 5.86. The van der Waals surface area contributed by atoms with Gasteiger partial charge in [0, 0.05) is 5.02 Å². The molecular formula is C17H18ClNO. The van der Waals surface area contributed by atoms with Crippen molar-refractivity contribution >= 4 is 11.6 Å². The molecule has 0 aliphatic heterocycles. The molecular weight excluding hydrogens is 270 g/mol. The summed E-state index contributed by atoms with van der Waals surface area (Å²) in [5, 5.41) is 4.10. The van der Waals surface area contributed by atoms with Gasteiger partial charge in [-0.15, -0.1) is 0 Å². The summed E-state index contributed by atoms with van der Waals surface area (Å²) >= 11 is 6.08. The summed E-state index contributed by atoms with van der Waals surface area (Å²) in [5.74, 6) is 0.956. The number of halogens is 1. The SMILES string of the molecule is CNC(c1ccc(OC2CC2)cc1)c1cccc(Cl)c1. The average molecular weight is 288 g/mol. The van der Waals surface area contributed by atoms with Crippen LogP contribution in [0.4, 0.5) is 0 Å². The maximum Gasteiger partial charge on any atom is 0.119 e. The van der Waals surface area contributed by atoms with Crippen molar-refractivity contribution in [3.8, 4) is 5.75 Å². The lowest BCUT2D eigenvalue weighted by atomic mass is 9.99. The Morgan fingerprint density at radius 2 is 1.85 bits per heavy atom. The van der Waals surface area contributed by atoms with Gasteiger partial charge in [0.15, 0.2) is 0 Å². The lowest BCUT2D eigenvalue weighted by Crippen LogP contribution is -2.17. The third-order valence-corrected chi connectivity index (χ3v) is 3.75. The van der Waals surface area contributed by atoms with Gasteiger partial charge in [-0.1, -0.05) is 35.9 Å². The molecule has 1 unspecified atom stereocenters. The van der Waals surface area contributed by atoms with Crippen molar-refractivity contribution in [3.05, 3.63) is 64.7 Å². The third-order valence-electron chi connectivity index (χ3n) is 3.51. The van der Waals surface area contributed by atoms with Crippen molar-refractivity contribution in [2.45, 2.75) is 25.0 Å². The van der Waals surface area contributed by atoms with Crippen molar-refractivity contribution in [2.75, 3.05) is 7.05 Å². The predicted octanol–water partition coefficient (Wildman–Crippen LogP) is 4.19. The van der Waals surface area contributed by atoms with Crippen molar-refractivity contribution in [3.63, 3.8) is 0 Å². The summed E-state index contributed by atoms with van der Waals surface area (Å²) < 4.78 is 5.78. The molecule has 0 amide bonds. The van der Waals surface area contributed by atoms with Crippen LogP contribution < -0.4 is 10.1 Å². The molecule has 2 nitrogen and oxygen atoms in total. The Kier molecular flexibility index (Phi) is 3.95. The number of benzene rings is 2. The molecule has 3 heteroatoms. The van der Waals surface area contributed by atoms with Crippen LogP contribution in [0.5, 0.6) is 5.75 Å². The van der Waals surface area contributed by atoms with Crippen molar-refractivity contribution in [1.82, 2.24) is 5.32 Å². The van der Waals surface area contributed by atoms with Gasteiger partial charge in [0.1, 0.15) is 5.75 Å². The summed E-state index contributed by atoms with van der Waals surface area (Å²) in [6, 6.07) is 16.4. The Morgan fingerprint density at radius 3 is 2.45 bits per heavy atom. The molecule has 0 heterocycles. The van der Waals surface area contributed by atoms with E-state index in [9.17, 15) is 0 Å². The van der Waals surface area contributed by atoms with Gasteiger partial charge in [-0.25, -0.2) is 0 Å². The third kappa shape index (κ3) is 3.14. The zero-order valence-electron chi connectivity index (χ0n) is 11.5. The highest BCUT2D eigenvalue weighted by atomic mass is 35.5. The van der Waals surface area contributed by atoms with E-state index in [0.29, 0.717) is 6.10 Å². The molecule has 1 saturated carbocycles. The lowest BCUT2D eigenvalue weighted by Gasteiger charge is -2.18. The highest BCUT2D eigenvalue weighted by Gasteiger charge is 2.23. The van der Waals surface area contributed by atoms with Gasteiger partial charge in [0.25, 0.3) is 0 Å². The number of hydrogen-bond acceptors (Lipinski definition) is 2. The summed E-state index contributed by atoms with van der Waals surface area (Å²) in [6.07, 6.45) is 2.81. The summed E-state index contributed by atoms with van der Waals surface area (Å²) in [4.78, 5) is 0. The van der Waals surface area contributed by atoms with E-state index in [0.717, 1.165) is 16.3 Å². The lowest BCUT2D eigenvalue weighted by molar-refractivity contribution is 0.303. The first-order valence-electron chi connectivity index (χ1n) is 6.95. The Labute approximate surface area is 124 Å². The van der Waals surface area contributed by atoms with Gasteiger partial charge in [-0.2, -0.15) is 0 Å². The maximum absolute atomic E-state index is 6.08. The second-order valence-corrected chi connectivity index (χ2v) is 5.60. The highest BCUT2D eigenvalue weighted by Crippen LogP contribution is 2.29. The van der Waals surface area contributed by atoms with E-state index in [4.69, 9.17) is 16.3 Å². The van der Waals surface area contributed by atoms with Crippen LogP contribution in [0.15, 0.2) is 48.5 Å². The molecule has 0 spiro atoms. The second-order valence-electron chi connectivity index (χ2n) is 5.16. The zero-order valence-corrected chi connectivity index (χ0v) is 12.2. The molecule has 2 aromatic carbocycles. The van der Waals surface area contributed by atoms with Gasteiger partial charge in [0.05, 0.1) is 12.1 Å². The van der Waals surface area contributed by atoms with E-state index in [1.54, 1.807) is 0 Å². The average Bonchev–Trinajstić information content (AvgIpc) is 3.26. The van der Waals surface area contributed by atoms with Crippen molar-refractivity contribution in [2.24, 2.45) is 0 Å². The van der Waals surface area contributed by atoms with Crippen LogP contribution in [-0.4, -0.2) is 13.2 Å². The first-order valence-corrected chi connectivity index (χ1v) is 7.33. The molecule has 2 aromatic rings. The molecule has 0 saturated heterocycles. The molecule has 1 aliphatic carbocycles. The van der Waals surface area contributed by atoms with Crippen LogP contribution >= 0.6 is 11.6 Å². The summed E-state index contributed by atoms with van der Waals surface area (Å²) in [6.45, 7) is 0. The molecule has 0 bridgehead atoms. The zero-order chi connectivity index (χ0) is 13.9. The van der Waals surface area contributed by atoms with E-state index in [1.165, 1.54) is 18.4 Å². The van der Waals surface area contributed by atoms with Gasteiger partial charge >= 0.3 is 0 Å². The standard InChI is InChI=1S/C17H18ClNO/c1-19-17(13-3-2-4-14(18)11-13)12-5-7-15(8-6-12)20-16-9-10-16/h2-8,11,16-17,19H,9-10H2,1H3. The number of rotatable bonds is 5. The van der Waals surface area contributed by atoms with Crippen molar-refractivity contribution in [1.29, 1.82) is 0 Å². The predicted molar refractivity (Wildman–Crippen MR) is 82.4 cm³/mol. The first kappa shape index (κ1) is 13.5.